The van der Waals surface area contributed by atoms with E-state index in [4.69, 9.17) is 5.73 Å². The minimum absolute atomic E-state index is 0.128. The van der Waals surface area contributed by atoms with Gasteiger partial charge in [-0.25, -0.2) is 9.37 Å². The summed E-state index contributed by atoms with van der Waals surface area (Å²) in [5.74, 6) is -0.521. The molecule has 0 spiro atoms. The third-order valence-electron chi connectivity index (χ3n) is 2.58. The van der Waals surface area contributed by atoms with Gasteiger partial charge in [-0.3, -0.25) is 9.69 Å². The van der Waals surface area contributed by atoms with Gasteiger partial charge in [-0.15, -0.1) is 0 Å². The summed E-state index contributed by atoms with van der Waals surface area (Å²) in [4.78, 5) is 17.5. The Morgan fingerprint density at radius 3 is 2.72 bits per heavy atom. The molecule has 0 radical (unpaired) electrons. The lowest BCUT2D eigenvalue weighted by Gasteiger charge is -2.17. The molecule has 0 saturated carbocycles. The van der Waals surface area contributed by atoms with Crippen LogP contribution in [0.2, 0.25) is 0 Å². The van der Waals surface area contributed by atoms with E-state index < -0.39 is 11.7 Å². The summed E-state index contributed by atoms with van der Waals surface area (Å²) >= 11 is 0. The molecule has 5 heteroatoms. The Balaban J connectivity index is 2.35. The molecule has 4 nitrogen and oxygen atoms in total. The number of benzene rings is 1. The van der Waals surface area contributed by atoms with Crippen LogP contribution < -0.4 is 10.6 Å². The highest BCUT2D eigenvalue weighted by Crippen LogP contribution is 2.19. The molecular formula is C13H12FN3O. The van der Waals surface area contributed by atoms with Gasteiger partial charge in [-0.1, -0.05) is 12.1 Å². The molecule has 0 aliphatic heterocycles. The van der Waals surface area contributed by atoms with E-state index in [1.165, 1.54) is 23.1 Å². The van der Waals surface area contributed by atoms with Crippen LogP contribution in [0.3, 0.4) is 0 Å². The maximum absolute atomic E-state index is 13.3. The van der Waals surface area contributed by atoms with E-state index in [9.17, 15) is 9.18 Å². The molecule has 0 fully saturated rings. The van der Waals surface area contributed by atoms with Gasteiger partial charge in [0, 0.05) is 13.2 Å². The number of halogens is 1. The molecule has 0 saturated heterocycles. The average Bonchev–Trinajstić information content (AvgIpc) is 2.41. The number of nitrogen functional groups attached to an aromatic ring is 1. The minimum Gasteiger partial charge on any atom is -0.396 e. The summed E-state index contributed by atoms with van der Waals surface area (Å²) in [6.07, 6.45) is 1.58. The van der Waals surface area contributed by atoms with Gasteiger partial charge in [0.1, 0.15) is 11.6 Å². The summed E-state index contributed by atoms with van der Waals surface area (Å²) in [5, 5.41) is 0. The summed E-state index contributed by atoms with van der Waals surface area (Å²) in [7, 11) is 1.56. The van der Waals surface area contributed by atoms with Crippen LogP contribution in [0, 0.1) is 5.82 Å². The van der Waals surface area contributed by atoms with Crippen molar-refractivity contribution in [2.45, 2.75) is 0 Å². The first-order valence-corrected chi connectivity index (χ1v) is 5.34. The number of anilines is 2. The Morgan fingerprint density at radius 2 is 2.06 bits per heavy atom. The average molecular weight is 245 g/mol. The number of hydrogen-bond acceptors (Lipinski definition) is 3. The van der Waals surface area contributed by atoms with Crippen LogP contribution in [0.4, 0.5) is 15.9 Å². The van der Waals surface area contributed by atoms with Crippen molar-refractivity contribution in [3.8, 4) is 0 Å². The lowest BCUT2D eigenvalue weighted by molar-refractivity contribution is 0.0993. The SMILES string of the molecule is CN(C(=O)c1cccc(F)c1N)c1ccccn1. The fourth-order valence-electron chi connectivity index (χ4n) is 1.56. The highest BCUT2D eigenvalue weighted by Gasteiger charge is 2.18. The zero-order chi connectivity index (χ0) is 13.1. The predicted molar refractivity (Wildman–Crippen MR) is 67.8 cm³/mol. The number of amides is 1. The number of aromatic nitrogens is 1. The molecule has 0 unspecified atom stereocenters. The molecule has 0 atom stereocenters. The Morgan fingerprint density at radius 1 is 1.28 bits per heavy atom. The van der Waals surface area contributed by atoms with Gasteiger partial charge in [0.25, 0.3) is 5.91 Å². The van der Waals surface area contributed by atoms with Crippen molar-refractivity contribution in [1.29, 1.82) is 0 Å². The summed E-state index contributed by atoms with van der Waals surface area (Å²) in [6.45, 7) is 0. The summed E-state index contributed by atoms with van der Waals surface area (Å²) in [6, 6.07) is 9.35. The second kappa shape index (κ2) is 4.83. The predicted octanol–water partition coefficient (Wildman–Crippen LogP) is 2.08. The van der Waals surface area contributed by atoms with Gasteiger partial charge in [-0.2, -0.15) is 0 Å². The Bertz CT molecular complexity index is 572. The smallest absolute Gasteiger partial charge is 0.261 e. The number of pyridine rings is 1. The van der Waals surface area contributed by atoms with E-state index >= 15 is 0 Å². The maximum Gasteiger partial charge on any atom is 0.261 e. The van der Waals surface area contributed by atoms with E-state index in [0.29, 0.717) is 5.82 Å². The molecule has 92 valence electrons. The van der Waals surface area contributed by atoms with Gasteiger partial charge in [-0.05, 0) is 24.3 Å². The van der Waals surface area contributed by atoms with Crippen LogP contribution in [0.5, 0.6) is 0 Å². The molecule has 1 aromatic heterocycles. The van der Waals surface area contributed by atoms with Crippen LogP contribution >= 0.6 is 0 Å². The van der Waals surface area contributed by atoms with Crippen LogP contribution in [0.25, 0.3) is 0 Å². The quantitative estimate of drug-likeness (QED) is 0.824. The van der Waals surface area contributed by atoms with Crippen molar-refractivity contribution in [3.05, 3.63) is 54.0 Å². The zero-order valence-electron chi connectivity index (χ0n) is 9.80. The number of carbonyl (C=O) groups is 1. The Labute approximate surface area is 104 Å². The topological polar surface area (TPSA) is 59.2 Å². The third-order valence-corrected chi connectivity index (χ3v) is 2.58. The van der Waals surface area contributed by atoms with Crippen molar-refractivity contribution >= 4 is 17.4 Å². The molecule has 1 amide bonds. The molecule has 1 heterocycles. The zero-order valence-corrected chi connectivity index (χ0v) is 9.80. The van der Waals surface area contributed by atoms with E-state index in [1.807, 2.05) is 0 Å². The highest BCUT2D eigenvalue weighted by molar-refractivity contribution is 6.08. The highest BCUT2D eigenvalue weighted by atomic mass is 19.1. The maximum atomic E-state index is 13.3. The number of nitrogens with zero attached hydrogens (tertiary/aromatic N) is 2. The van der Waals surface area contributed by atoms with E-state index in [1.54, 1.807) is 31.4 Å². The second-order valence-corrected chi connectivity index (χ2v) is 3.75. The van der Waals surface area contributed by atoms with Gasteiger partial charge in [0.2, 0.25) is 0 Å². The molecule has 1 aromatic carbocycles. The monoisotopic (exact) mass is 245 g/mol. The lowest BCUT2D eigenvalue weighted by atomic mass is 10.1. The van der Waals surface area contributed by atoms with Crippen LogP contribution in [0.15, 0.2) is 42.6 Å². The van der Waals surface area contributed by atoms with Crippen LogP contribution in [-0.4, -0.2) is 17.9 Å². The van der Waals surface area contributed by atoms with Crippen LogP contribution in [0.1, 0.15) is 10.4 Å². The molecule has 2 rings (SSSR count). The number of para-hydroxylation sites is 1. The molecule has 0 aliphatic carbocycles. The van der Waals surface area contributed by atoms with Gasteiger partial charge >= 0.3 is 0 Å². The Hall–Kier alpha value is -2.43. The van der Waals surface area contributed by atoms with Gasteiger partial charge in [0.05, 0.1) is 11.3 Å². The standard InChI is InChI=1S/C13H12FN3O/c1-17(11-7-2-3-8-16-11)13(18)9-5-4-6-10(14)12(9)15/h2-8H,15H2,1H3. The van der Waals surface area contributed by atoms with Crippen molar-refractivity contribution < 1.29 is 9.18 Å². The first-order valence-electron chi connectivity index (χ1n) is 5.34. The minimum atomic E-state index is -0.602. The first-order chi connectivity index (χ1) is 8.61. The van der Waals surface area contributed by atoms with E-state index in [0.717, 1.165) is 0 Å². The number of hydrogen-bond donors (Lipinski definition) is 1. The molecule has 18 heavy (non-hydrogen) atoms. The third kappa shape index (κ3) is 2.15. The number of nitrogens with two attached hydrogens (primary N) is 1. The first kappa shape index (κ1) is 12.0. The molecular weight excluding hydrogens is 233 g/mol. The van der Waals surface area contributed by atoms with Crippen molar-refractivity contribution in [2.24, 2.45) is 0 Å². The number of carbonyl (C=O) groups excluding carboxylic acids is 1. The molecule has 0 bridgehead atoms. The van der Waals surface area contributed by atoms with Crippen molar-refractivity contribution in [3.63, 3.8) is 0 Å². The van der Waals surface area contributed by atoms with Crippen LogP contribution in [-0.2, 0) is 0 Å². The Kier molecular flexibility index (Phi) is 3.23. The summed E-state index contributed by atoms with van der Waals surface area (Å²) in [5.41, 5.74) is 5.54. The molecule has 2 N–H and O–H groups in total. The number of rotatable bonds is 2. The van der Waals surface area contributed by atoms with Gasteiger partial charge in [0.15, 0.2) is 0 Å². The van der Waals surface area contributed by atoms with Crippen molar-refractivity contribution in [2.75, 3.05) is 17.7 Å². The normalized spacial score (nSPS) is 10.1. The fraction of sp³-hybridized carbons (Fsp3) is 0.0769. The largest absolute Gasteiger partial charge is 0.396 e. The van der Waals surface area contributed by atoms with E-state index in [-0.39, 0.29) is 11.3 Å². The second-order valence-electron chi connectivity index (χ2n) is 3.75. The summed E-state index contributed by atoms with van der Waals surface area (Å²) < 4.78 is 13.3. The molecule has 0 aliphatic rings. The van der Waals surface area contributed by atoms with Crippen molar-refractivity contribution in [1.82, 2.24) is 4.98 Å². The van der Waals surface area contributed by atoms with E-state index in [2.05, 4.69) is 4.98 Å². The van der Waals surface area contributed by atoms with Gasteiger partial charge < -0.3 is 5.73 Å². The molecule has 2 aromatic rings. The lowest BCUT2D eigenvalue weighted by Crippen LogP contribution is -2.28. The fourth-order valence-corrected chi connectivity index (χ4v) is 1.56.